The van der Waals surface area contributed by atoms with Crippen molar-refractivity contribution in [2.45, 2.75) is 20.0 Å². The van der Waals surface area contributed by atoms with E-state index in [9.17, 15) is 0 Å². The van der Waals surface area contributed by atoms with Gasteiger partial charge in [0.25, 0.3) is 0 Å². The Labute approximate surface area is 157 Å². The molecule has 0 aliphatic heterocycles. The van der Waals surface area contributed by atoms with Crippen molar-refractivity contribution >= 4 is 18.4 Å². The first-order valence-electron chi connectivity index (χ1n) is 8.37. The Balaban J connectivity index is 1.72. The normalized spacial score (nSPS) is 11.0. The van der Waals surface area contributed by atoms with Crippen molar-refractivity contribution in [3.05, 3.63) is 70.8 Å². The molecule has 2 aromatic carbocycles. The molecular weight excluding hydrogens is 348 g/mol. The fourth-order valence-corrected chi connectivity index (χ4v) is 2.43. The van der Waals surface area contributed by atoms with Crippen molar-refractivity contribution in [3.63, 3.8) is 0 Å². The lowest BCUT2D eigenvalue weighted by atomic mass is 10.2. The average molecular weight is 368 g/mol. The van der Waals surface area contributed by atoms with Crippen LogP contribution < -0.4 is 9.47 Å². The zero-order chi connectivity index (χ0) is 18.2. The Morgan fingerprint density at radius 2 is 1.92 bits per heavy atom. The Hall–Kier alpha value is -2.93. The fourth-order valence-electron chi connectivity index (χ4n) is 2.23. The maximum Gasteiger partial charge on any atom is 0.216 e. The molecule has 7 heteroatoms. The van der Waals surface area contributed by atoms with Crippen LogP contribution in [0.4, 0.5) is 0 Å². The van der Waals surface area contributed by atoms with E-state index in [1.807, 2.05) is 54.6 Å². The smallest absolute Gasteiger partial charge is 0.216 e. The molecule has 3 rings (SSSR count). The largest absolute Gasteiger partial charge is 0.494 e. The van der Waals surface area contributed by atoms with Gasteiger partial charge in [0, 0.05) is 0 Å². The van der Waals surface area contributed by atoms with E-state index in [1.165, 1.54) is 0 Å². The molecule has 6 nitrogen and oxygen atoms in total. The van der Waals surface area contributed by atoms with Gasteiger partial charge in [-0.05, 0) is 48.5 Å². The van der Waals surface area contributed by atoms with Crippen LogP contribution in [0.25, 0.3) is 0 Å². The van der Waals surface area contributed by atoms with Gasteiger partial charge >= 0.3 is 0 Å². The highest BCUT2D eigenvalue weighted by atomic mass is 32.1. The maximum absolute atomic E-state index is 5.72. The molecule has 3 aromatic rings. The molecule has 0 amide bonds. The third kappa shape index (κ3) is 4.80. The highest BCUT2D eigenvalue weighted by Crippen LogP contribution is 2.13. The minimum absolute atomic E-state index is 0.258. The highest BCUT2D eigenvalue weighted by Gasteiger charge is 2.06. The monoisotopic (exact) mass is 368 g/mol. The van der Waals surface area contributed by atoms with Gasteiger partial charge < -0.3 is 9.47 Å². The fraction of sp³-hybridized carbons (Fsp3) is 0.211. The van der Waals surface area contributed by atoms with E-state index in [4.69, 9.17) is 21.7 Å². The van der Waals surface area contributed by atoms with Crippen LogP contribution in [0.15, 0.2) is 59.7 Å². The van der Waals surface area contributed by atoms with Gasteiger partial charge in [-0.15, -0.1) is 0 Å². The zero-order valence-corrected chi connectivity index (χ0v) is 15.3. The molecule has 0 aliphatic rings. The number of H-pyrrole nitrogens is 1. The topological polar surface area (TPSA) is 64.4 Å². The summed E-state index contributed by atoms with van der Waals surface area (Å²) < 4.78 is 13.3. The molecule has 0 radical (unpaired) electrons. The van der Waals surface area contributed by atoms with Crippen molar-refractivity contribution in [3.8, 4) is 11.5 Å². The van der Waals surface area contributed by atoms with E-state index in [1.54, 1.807) is 10.9 Å². The molecule has 1 N–H and O–H groups in total. The summed E-state index contributed by atoms with van der Waals surface area (Å²) in [7, 11) is 0. The van der Waals surface area contributed by atoms with Gasteiger partial charge in [0.05, 0.1) is 12.8 Å². The SMILES string of the molecule is CCCOc1cccc(/C=N\n2c(COc3ccccc3)n[nH]c2=S)c1. The summed E-state index contributed by atoms with van der Waals surface area (Å²) in [6.07, 6.45) is 2.68. The highest BCUT2D eigenvalue weighted by molar-refractivity contribution is 7.71. The van der Waals surface area contributed by atoms with Crippen molar-refractivity contribution < 1.29 is 9.47 Å². The molecule has 1 heterocycles. The van der Waals surface area contributed by atoms with Crippen LogP contribution in [-0.2, 0) is 6.61 Å². The van der Waals surface area contributed by atoms with Gasteiger partial charge in [0.1, 0.15) is 18.1 Å². The summed E-state index contributed by atoms with van der Waals surface area (Å²) in [5.41, 5.74) is 0.914. The quantitative estimate of drug-likeness (QED) is 0.478. The molecule has 0 saturated heterocycles. The number of nitrogens with zero attached hydrogens (tertiary/aromatic N) is 3. The van der Waals surface area contributed by atoms with E-state index < -0.39 is 0 Å². The van der Waals surface area contributed by atoms with Gasteiger partial charge in [0.15, 0.2) is 5.82 Å². The Morgan fingerprint density at radius 3 is 2.73 bits per heavy atom. The van der Waals surface area contributed by atoms with E-state index in [-0.39, 0.29) is 6.61 Å². The van der Waals surface area contributed by atoms with Gasteiger partial charge in [-0.1, -0.05) is 37.3 Å². The molecule has 26 heavy (non-hydrogen) atoms. The molecule has 0 atom stereocenters. The molecule has 1 aromatic heterocycles. The van der Waals surface area contributed by atoms with Gasteiger partial charge in [-0.2, -0.15) is 14.9 Å². The lowest BCUT2D eigenvalue weighted by Gasteiger charge is -2.06. The molecule has 0 spiro atoms. The Morgan fingerprint density at radius 1 is 1.12 bits per heavy atom. The van der Waals surface area contributed by atoms with E-state index in [0.717, 1.165) is 23.5 Å². The molecule has 0 fully saturated rings. The minimum atomic E-state index is 0.258. The third-order valence-electron chi connectivity index (χ3n) is 3.48. The van der Waals surface area contributed by atoms with Gasteiger partial charge in [0.2, 0.25) is 4.77 Å². The first-order chi connectivity index (χ1) is 12.8. The molecule has 0 aliphatic carbocycles. The van der Waals surface area contributed by atoms with Gasteiger partial charge in [-0.3, -0.25) is 0 Å². The molecule has 134 valence electrons. The second-order valence-corrected chi connectivity index (χ2v) is 5.91. The van der Waals surface area contributed by atoms with Crippen LogP contribution >= 0.6 is 12.2 Å². The Kier molecular flexibility index (Phi) is 6.16. The molecular formula is C19H20N4O2S. The number of aromatic amines is 1. The molecule has 0 saturated carbocycles. The molecule has 0 unspecified atom stereocenters. The number of para-hydroxylation sites is 1. The summed E-state index contributed by atoms with van der Waals surface area (Å²) in [5.74, 6) is 2.17. The van der Waals surface area contributed by atoms with Gasteiger partial charge in [-0.25, -0.2) is 5.10 Å². The lowest BCUT2D eigenvalue weighted by molar-refractivity contribution is 0.290. The third-order valence-corrected chi connectivity index (χ3v) is 3.75. The number of hydrogen-bond donors (Lipinski definition) is 1. The predicted molar refractivity (Wildman–Crippen MR) is 103 cm³/mol. The Bertz CT molecular complexity index is 919. The zero-order valence-electron chi connectivity index (χ0n) is 14.5. The second-order valence-electron chi connectivity index (χ2n) is 5.52. The van der Waals surface area contributed by atoms with Crippen LogP contribution in [0.3, 0.4) is 0 Å². The summed E-state index contributed by atoms with van der Waals surface area (Å²) in [5, 5.41) is 11.4. The van der Waals surface area contributed by atoms with Crippen LogP contribution in [-0.4, -0.2) is 27.7 Å². The average Bonchev–Trinajstić information content (AvgIpc) is 3.04. The van der Waals surface area contributed by atoms with E-state index in [0.29, 0.717) is 17.2 Å². The number of aromatic nitrogens is 3. The number of nitrogens with one attached hydrogen (secondary N) is 1. The summed E-state index contributed by atoms with van der Waals surface area (Å²) in [4.78, 5) is 0. The summed E-state index contributed by atoms with van der Waals surface area (Å²) in [6, 6.07) is 17.3. The first kappa shape index (κ1) is 17.9. The predicted octanol–water partition coefficient (Wildman–Crippen LogP) is 4.19. The first-order valence-corrected chi connectivity index (χ1v) is 8.78. The number of benzene rings is 2. The maximum atomic E-state index is 5.72. The van der Waals surface area contributed by atoms with Crippen LogP contribution in [0.5, 0.6) is 11.5 Å². The van der Waals surface area contributed by atoms with Crippen molar-refractivity contribution in [2.75, 3.05) is 6.61 Å². The summed E-state index contributed by atoms with van der Waals surface area (Å²) in [6.45, 7) is 3.02. The van der Waals surface area contributed by atoms with Crippen molar-refractivity contribution in [1.82, 2.24) is 14.9 Å². The number of hydrogen-bond acceptors (Lipinski definition) is 5. The standard InChI is InChI=1S/C19H20N4O2S/c1-2-11-24-17-10-6-7-15(12-17)13-20-23-18(21-22-19(23)26)14-25-16-8-4-3-5-9-16/h3-10,12-13H,2,11,14H2,1H3,(H,22,26)/b20-13-. The number of rotatable bonds is 8. The van der Waals surface area contributed by atoms with E-state index in [2.05, 4.69) is 22.2 Å². The van der Waals surface area contributed by atoms with Crippen LogP contribution in [0.1, 0.15) is 24.7 Å². The second kappa shape index (κ2) is 8.96. The van der Waals surface area contributed by atoms with Crippen LogP contribution in [0.2, 0.25) is 0 Å². The van der Waals surface area contributed by atoms with Crippen molar-refractivity contribution in [2.24, 2.45) is 5.10 Å². The molecule has 0 bridgehead atoms. The van der Waals surface area contributed by atoms with E-state index >= 15 is 0 Å². The minimum Gasteiger partial charge on any atom is -0.494 e. The number of ether oxygens (including phenoxy) is 2. The summed E-state index contributed by atoms with van der Waals surface area (Å²) >= 11 is 5.25. The van der Waals surface area contributed by atoms with Crippen molar-refractivity contribution in [1.29, 1.82) is 0 Å². The van der Waals surface area contributed by atoms with Crippen LogP contribution in [0, 0.1) is 4.77 Å². The lowest BCUT2D eigenvalue weighted by Crippen LogP contribution is -2.04.